The predicted octanol–water partition coefficient (Wildman–Crippen LogP) is 4.45. The number of hydrogen-bond acceptors (Lipinski definition) is 4. The van der Waals surface area contributed by atoms with E-state index < -0.39 is 35.5 Å². The van der Waals surface area contributed by atoms with E-state index in [-0.39, 0.29) is 35.8 Å². The average molecular weight is 557 g/mol. The summed E-state index contributed by atoms with van der Waals surface area (Å²) >= 11 is 0. The molecule has 218 valence electrons. The number of amides is 3. The van der Waals surface area contributed by atoms with Crippen molar-refractivity contribution < 1.29 is 23.2 Å². The Balaban J connectivity index is 1.77. The fourth-order valence-corrected chi connectivity index (χ4v) is 4.74. The lowest BCUT2D eigenvalue weighted by molar-refractivity contribution is -0.124. The number of hydrogen-bond donors (Lipinski definition) is 3. The maximum absolute atomic E-state index is 14.6. The van der Waals surface area contributed by atoms with Crippen LogP contribution in [-0.4, -0.2) is 54.3 Å². The van der Waals surface area contributed by atoms with Crippen molar-refractivity contribution in [1.29, 1.82) is 0 Å². The van der Waals surface area contributed by atoms with Crippen LogP contribution < -0.4 is 16.4 Å². The third-order valence-electron chi connectivity index (χ3n) is 7.27. The topological polar surface area (TPSA) is 105 Å². The second kappa shape index (κ2) is 14.9. The van der Waals surface area contributed by atoms with Crippen LogP contribution in [0.4, 0.5) is 8.78 Å². The number of nitrogens with two attached hydrogens (primary N) is 1. The standard InChI is InChI=1S/C31H42F2N4O3/c1-4-13-37(14-5-2)31(40)24-8-6-7-23(16-24)30(39)36-28(17-22-11-12-25(32)18-26(22)33)27(34)15-20(3)29(38)35-19-21-9-10-21/h6-8,11-12,16,18,20-21,27-28H,4-5,9-10,13-15,17,19,34H2,1-3H3,(H,35,38)(H,36,39)/t20-,27+,28+/m1/s1. The number of rotatable bonds is 15. The van der Waals surface area contributed by atoms with Crippen LogP contribution in [0.2, 0.25) is 0 Å². The molecule has 3 amide bonds. The average Bonchev–Trinajstić information content (AvgIpc) is 3.76. The molecular weight excluding hydrogens is 514 g/mol. The summed E-state index contributed by atoms with van der Waals surface area (Å²) < 4.78 is 28.1. The van der Waals surface area contributed by atoms with Crippen LogP contribution in [-0.2, 0) is 11.2 Å². The molecule has 0 heterocycles. The minimum atomic E-state index is -0.748. The third kappa shape index (κ3) is 9.11. The molecule has 0 saturated heterocycles. The van der Waals surface area contributed by atoms with Gasteiger partial charge in [-0.05, 0) is 74.3 Å². The van der Waals surface area contributed by atoms with Crippen LogP contribution in [0, 0.1) is 23.5 Å². The lowest BCUT2D eigenvalue weighted by atomic mass is 9.91. The largest absolute Gasteiger partial charge is 0.356 e. The van der Waals surface area contributed by atoms with E-state index in [1.807, 2.05) is 13.8 Å². The summed E-state index contributed by atoms with van der Waals surface area (Å²) in [7, 11) is 0. The first-order valence-electron chi connectivity index (χ1n) is 14.3. The number of carbonyl (C=O) groups is 3. The van der Waals surface area contributed by atoms with E-state index in [9.17, 15) is 23.2 Å². The highest BCUT2D eigenvalue weighted by molar-refractivity contribution is 5.99. The number of carbonyl (C=O) groups excluding carboxylic acids is 3. The van der Waals surface area contributed by atoms with Crippen molar-refractivity contribution in [2.45, 2.75) is 71.4 Å². The van der Waals surface area contributed by atoms with Crippen molar-refractivity contribution in [3.8, 4) is 0 Å². The lowest BCUT2D eigenvalue weighted by Crippen LogP contribution is -2.50. The van der Waals surface area contributed by atoms with E-state index in [1.165, 1.54) is 6.07 Å². The van der Waals surface area contributed by atoms with Crippen molar-refractivity contribution in [1.82, 2.24) is 15.5 Å². The maximum Gasteiger partial charge on any atom is 0.253 e. The molecule has 0 aromatic heterocycles. The fourth-order valence-electron chi connectivity index (χ4n) is 4.74. The van der Waals surface area contributed by atoms with E-state index in [2.05, 4.69) is 10.6 Å². The molecule has 4 N–H and O–H groups in total. The van der Waals surface area contributed by atoms with Crippen LogP contribution in [0.15, 0.2) is 42.5 Å². The van der Waals surface area contributed by atoms with E-state index in [0.717, 1.165) is 37.8 Å². The molecule has 1 saturated carbocycles. The molecule has 0 spiro atoms. The van der Waals surface area contributed by atoms with Crippen LogP contribution in [0.5, 0.6) is 0 Å². The number of nitrogens with one attached hydrogen (secondary N) is 2. The van der Waals surface area contributed by atoms with Gasteiger partial charge in [-0.2, -0.15) is 0 Å². The molecule has 7 nitrogen and oxygen atoms in total. The summed E-state index contributed by atoms with van der Waals surface area (Å²) in [5, 5.41) is 5.84. The molecule has 2 aromatic rings. The summed E-state index contributed by atoms with van der Waals surface area (Å²) in [5.74, 6) is -2.05. The van der Waals surface area contributed by atoms with Gasteiger partial charge in [0.15, 0.2) is 0 Å². The minimum absolute atomic E-state index is 0.00876. The second-order valence-corrected chi connectivity index (χ2v) is 10.9. The molecule has 2 aromatic carbocycles. The van der Waals surface area contributed by atoms with Gasteiger partial charge in [0.25, 0.3) is 11.8 Å². The second-order valence-electron chi connectivity index (χ2n) is 10.9. The van der Waals surface area contributed by atoms with Gasteiger partial charge in [0.2, 0.25) is 5.91 Å². The summed E-state index contributed by atoms with van der Waals surface area (Å²) in [5.41, 5.74) is 7.39. The first kappa shape index (κ1) is 31.2. The van der Waals surface area contributed by atoms with Gasteiger partial charge in [0.1, 0.15) is 11.6 Å². The Labute approximate surface area is 235 Å². The first-order valence-corrected chi connectivity index (χ1v) is 14.3. The number of nitrogens with zero attached hydrogens (tertiary/aromatic N) is 1. The van der Waals surface area contributed by atoms with E-state index in [1.54, 1.807) is 36.1 Å². The Bertz CT molecular complexity index is 1170. The number of benzene rings is 2. The predicted molar refractivity (Wildman–Crippen MR) is 152 cm³/mol. The van der Waals surface area contributed by atoms with E-state index in [4.69, 9.17) is 5.73 Å². The van der Waals surface area contributed by atoms with Crippen molar-refractivity contribution >= 4 is 17.7 Å². The Hall–Kier alpha value is -3.33. The molecule has 9 heteroatoms. The SMILES string of the molecule is CCCN(CCC)C(=O)c1cccc(C(=O)N[C@@H](Cc2ccc(F)cc2F)[C@@H](N)C[C@@H](C)C(=O)NCC2CC2)c1. The van der Waals surface area contributed by atoms with Crippen molar-refractivity contribution in [2.24, 2.45) is 17.6 Å². The summed E-state index contributed by atoms with van der Waals surface area (Å²) in [6.07, 6.45) is 4.15. The molecule has 1 aliphatic rings. The van der Waals surface area contributed by atoms with Crippen LogP contribution in [0.3, 0.4) is 0 Å². The normalized spacial score (nSPS) is 15.2. The Morgan fingerprint density at radius 3 is 2.33 bits per heavy atom. The Morgan fingerprint density at radius 1 is 1.02 bits per heavy atom. The molecule has 0 unspecified atom stereocenters. The Kier molecular flexibility index (Phi) is 11.6. The summed E-state index contributed by atoms with van der Waals surface area (Å²) in [4.78, 5) is 40.8. The van der Waals surface area contributed by atoms with Crippen molar-refractivity contribution in [3.05, 3.63) is 70.8 Å². The fraction of sp³-hybridized carbons (Fsp3) is 0.516. The highest BCUT2D eigenvalue weighted by Crippen LogP contribution is 2.27. The zero-order chi connectivity index (χ0) is 29.2. The summed E-state index contributed by atoms with van der Waals surface area (Å²) in [6, 6.07) is 8.32. The van der Waals surface area contributed by atoms with Gasteiger partial charge in [-0.1, -0.05) is 32.9 Å². The van der Waals surface area contributed by atoms with Gasteiger partial charge in [0, 0.05) is 54.8 Å². The van der Waals surface area contributed by atoms with Gasteiger partial charge in [-0.3, -0.25) is 14.4 Å². The van der Waals surface area contributed by atoms with Gasteiger partial charge >= 0.3 is 0 Å². The third-order valence-corrected chi connectivity index (χ3v) is 7.27. The maximum atomic E-state index is 14.6. The molecule has 0 radical (unpaired) electrons. The minimum Gasteiger partial charge on any atom is -0.356 e. The van der Waals surface area contributed by atoms with Crippen LogP contribution in [0.25, 0.3) is 0 Å². The molecule has 3 rings (SSSR count). The zero-order valence-corrected chi connectivity index (χ0v) is 23.7. The van der Waals surface area contributed by atoms with Crippen LogP contribution >= 0.6 is 0 Å². The summed E-state index contributed by atoms with van der Waals surface area (Å²) in [6.45, 7) is 7.66. The number of halogens is 2. The van der Waals surface area contributed by atoms with Gasteiger partial charge in [-0.25, -0.2) is 8.78 Å². The highest BCUT2D eigenvalue weighted by atomic mass is 19.1. The van der Waals surface area contributed by atoms with Crippen molar-refractivity contribution in [3.63, 3.8) is 0 Å². The molecule has 3 atom stereocenters. The molecule has 1 fully saturated rings. The molecule has 0 aliphatic heterocycles. The molecule has 0 bridgehead atoms. The van der Waals surface area contributed by atoms with Gasteiger partial charge in [0.05, 0.1) is 0 Å². The van der Waals surface area contributed by atoms with Gasteiger partial charge in [-0.15, -0.1) is 0 Å². The smallest absolute Gasteiger partial charge is 0.253 e. The lowest BCUT2D eigenvalue weighted by Gasteiger charge is -2.27. The van der Waals surface area contributed by atoms with E-state index in [0.29, 0.717) is 31.1 Å². The first-order chi connectivity index (χ1) is 19.1. The van der Waals surface area contributed by atoms with Crippen molar-refractivity contribution in [2.75, 3.05) is 19.6 Å². The van der Waals surface area contributed by atoms with Crippen LogP contribution in [0.1, 0.15) is 79.2 Å². The van der Waals surface area contributed by atoms with E-state index >= 15 is 0 Å². The molecule has 40 heavy (non-hydrogen) atoms. The monoisotopic (exact) mass is 556 g/mol. The Morgan fingerprint density at radius 2 is 1.70 bits per heavy atom. The quantitative estimate of drug-likeness (QED) is 0.302. The molecular formula is C31H42F2N4O3. The van der Waals surface area contributed by atoms with Gasteiger partial charge < -0.3 is 21.3 Å². The molecule has 1 aliphatic carbocycles. The zero-order valence-electron chi connectivity index (χ0n) is 23.7. The highest BCUT2D eigenvalue weighted by Gasteiger charge is 2.28.